The Morgan fingerprint density at radius 3 is 2.35 bits per heavy atom. The third-order valence-electron chi connectivity index (χ3n) is 4.09. The predicted molar refractivity (Wildman–Crippen MR) is 105 cm³/mol. The topological polar surface area (TPSA) is 52.6 Å². The molecule has 0 radical (unpaired) electrons. The van der Waals surface area contributed by atoms with E-state index in [4.69, 9.17) is 14.2 Å². The maximum atomic E-state index is 5.42. The van der Waals surface area contributed by atoms with Crippen molar-refractivity contribution in [3.05, 3.63) is 59.9 Å². The second kappa shape index (κ2) is 7.78. The number of nitrogens with zero attached hydrogens (tertiary/aromatic N) is 1. The van der Waals surface area contributed by atoms with Crippen LogP contribution < -0.4 is 19.5 Å². The Morgan fingerprint density at radius 1 is 0.885 bits per heavy atom. The summed E-state index contributed by atoms with van der Waals surface area (Å²) in [5.41, 5.74) is 3.79. The summed E-state index contributed by atoms with van der Waals surface area (Å²) in [7, 11) is 4.94. The first-order chi connectivity index (χ1) is 12.6. The molecule has 1 N–H and O–H groups in total. The fraction of sp³-hybridized carbons (Fsp3) is 0.190. The van der Waals surface area contributed by atoms with E-state index in [9.17, 15) is 0 Å². The van der Waals surface area contributed by atoms with Crippen molar-refractivity contribution in [2.45, 2.75) is 6.92 Å². The largest absolute Gasteiger partial charge is 0.497 e. The number of rotatable bonds is 6. The zero-order valence-electron chi connectivity index (χ0n) is 15.4. The summed E-state index contributed by atoms with van der Waals surface area (Å²) >= 11 is 0. The van der Waals surface area contributed by atoms with Crippen LogP contribution in [-0.4, -0.2) is 26.3 Å². The van der Waals surface area contributed by atoms with Gasteiger partial charge in [0.1, 0.15) is 17.2 Å². The zero-order valence-corrected chi connectivity index (χ0v) is 15.4. The van der Waals surface area contributed by atoms with Gasteiger partial charge in [-0.2, -0.15) is 0 Å². The van der Waals surface area contributed by atoms with E-state index in [0.717, 1.165) is 45.1 Å². The molecule has 26 heavy (non-hydrogen) atoms. The Morgan fingerprint density at radius 2 is 1.62 bits per heavy atom. The van der Waals surface area contributed by atoms with Crippen LogP contribution in [-0.2, 0) is 0 Å². The molecule has 5 heteroatoms. The molecule has 3 rings (SSSR count). The Labute approximate surface area is 153 Å². The summed E-state index contributed by atoms with van der Waals surface area (Å²) in [5.74, 6) is 2.31. The molecule has 0 spiro atoms. The van der Waals surface area contributed by atoms with Gasteiger partial charge < -0.3 is 19.5 Å². The summed E-state index contributed by atoms with van der Waals surface area (Å²) < 4.78 is 16.0. The van der Waals surface area contributed by atoms with E-state index in [-0.39, 0.29) is 0 Å². The normalized spacial score (nSPS) is 10.9. The zero-order chi connectivity index (χ0) is 18.5. The molecule has 1 heterocycles. The van der Waals surface area contributed by atoms with Crippen LogP contribution in [0.15, 0.2) is 48.7 Å². The van der Waals surface area contributed by atoms with Gasteiger partial charge in [0, 0.05) is 34.6 Å². The summed E-state index contributed by atoms with van der Waals surface area (Å²) in [5, 5.41) is 4.35. The van der Waals surface area contributed by atoms with E-state index >= 15 is 0 Å². The lowest BCUT2D eigenvalue weighted by atomic mass is 10.1. The average Bonchev–Trinajstić information content (AvgIpc) is 2.67. The number of hydrogen-bond acceptors (Lipinski definition) is 5. The van der Waals surface area contributed by atoms with Crippen LogP contribution in [0.2, 0.25) is 0 Å². The van der Waals surface area contributed by atoms with Crippen LogP contribution in [0.25, 0.3) is 17.0 Å². The Bertz CT molecular complexity index is 951. The SMILES string of the molecule is COc1ccc(/C=C/Nc2cc(C)nc3ccc(OC)cc23)c(OC)c1. The van der Waals surface area contributed by atoms with Gasteiger partial charge in [0.15, 0.2) is 0 Å². The standard InChI is InChI=1S/C21H22N2O3/c1-14-11-20(18-12-16(24-2)7-8-19(18)23-14)22-10-9-15-5-6-17(25-3)13-21(15)26-4/h5-13H,1-4H3,(H,22,23)/b10-9+. The second-order valence-electron chi connectivity index (χ2n) is 5.78. The van der Waals surface area contributed by atoms with Crippen molar-refractivity contribution in [3.8, 4) is 17.2 Å². The molecule has 0 bridgehead atoms. The smallest absolute Gasteiger partial charge is 0.129 e. The van der Waals surface area contributed by atoms with E-state index in [1.165, 1.54) is 0 Å². The molecular formula is C21H22N2O3. The molecule has 0 atom stereocenters. The summed E-state index contributed by atoms with van der Waals surface area (Å²) in [6.07, 6.45) is 3.85. The first-order valence-electron chi connectivity index (χ1n) is 8.25. The minimum absolute atomic E-state index is 0.750. The van der Waals surface area contributed by atoms with E-state index < -0.39 is 0 Å². The lowest BCUT2D eigenvalue weighted by molar-refractivity contribution is 0.394. The third-order valence-corrected chi connectivity index (χ3v) is 4.09. The van der Waals surface area contributed by atoms with Gasteiger partial charge in [-0.3, -0.25) is 4.98 Å². The summed E-state index contributed by atoms with van der Waals surface area (Å²) in [6, 6.07) is 13.6. The minimum Gasteiger partial charge on any atom is -0.497 e. The first-order valence-corrected chi connectivity index (χ1v) is 8.25. The highest BCUT2D eigenvalue weighted by atomic mass is 16.5. The number of hydrogen-bond donors (Lipinski definition) is 1. The van der Waals surface area contributed by atoms with Crippen molar-refractivity contribution in [2.75, 3.05) is 26.6 Å². The molecule has 0 amide bonds. The van der Waals surface area contributed by atoms with E-state index in [2.05, 4.69) is 10.3 Å². The molecule has 134 valence electrons. The van der Waals surface area contributed by atoms with Crippen molar-refractivity contribution in [1.82, 2.24) is 4.98 Å². The van der Waals surface area contributed by atoms with Gasteiger partial charge in [0.2, 0.25) is 0 Å². The number of nitrogens with one attached hydrogen (secondary N) is 1. The van der Waals surface area contributed by atoms with Crippen molar-refractivity contribution >= 4 is 22.7 Å². The lowest BCUT2D eigenvalue weighted by Gasteiger charge is -2.10. The first kappa shape index (κ1) is 17.6. The number of methoxy groups -OCH3 is 3. The van der Waals surface area contributed by atoms with Crippen LogP contribution in [0.4, 0.5) is 5.69 Å². The van der Waals surface area contributed by atoms with Crippen LogP contribution in [0.5, 0.6) is 17.2 Å². The van der Waals surface area contributed by atoms with E-state index in [1.807, 2.05) is 61.7 Å². The van der Waals surface area contributed by atoms with Crippen LogP contribution in [0.1, 0.15) is 11.3 Å². The molecule has 5 nitrogen and oxygen atoms in total. The van der Waals surface area contributed by atoms with Crippen molar-refractivity contribution in [1.29, 1.82) is 0 Å². The predicted octanol–water partition coefficient (Wildman–Crippen LogP) is 4.65. The van der Waals surface area contributed by atoms with Crippen molar-refractivity contribution < 1.29 is 14.2 Å². The number of anilines is 1. The number of aromatic nitrogens is 1. The number of aryl methyl sites for hydroxylation is 1. The second-order valence-corrected chi connectivity index (χ2v) is 5.78. The van der Waals surface area contributed by atoms with Gasteiger partial charge in [-0.1, -0.05) is 0 Å². The third kappa shape index (κ3) is 3.72. The van der Waals surface area contributed by atoms with E-state index in [1.54, 1.807) is 21.3 Å². The molecule has 0 aliphatic carbocycles. The Balaban J connectivity index is 1.91. The van der Waals surface area contributed by atoms with E-state index in [0.29, 0.717) is 0 Å². The fourth-order valence-electron chi connectivity index (χ4n) is 2.76. The minimum atomic E-state index is 0.750. The van der Waals surface area contributed by atoms with Gasteiger partial charge in [-0.15, -0.1) is 0 Å². The van der Waals surface area contributed by atoms with Gasteiger partial charge in [-0.05, 0) is 49.4 Å². The number of benzene rings is 2. The van der Waals surface area contributed by atoms with Crippen molar-refractivity contribution in [2.24, 2.45) is 0 Å². The summed E-state index contributed by atoms with van der Waals surface area (Å²) in [6.45, 7) is 1.98. The number of fused-ring (bicyclic) bond motifs is 1. The number of ether oxygens (including phenoxy) is 3. The maximum absolute atomic E-state index is 5.42. The molecule has 0 unspecified atom stereocenters. The lowest BCUT2D eigenvalue weighted by Crippen LogP contribution is -1.94. The summed E-state index contributed by atoms with van der Waals surface area (Å²) in [4.78, 5) is 4.57. The Kier molecular flexibility index (Phi) is 5.27. The maximum Gasteiger partial charge on any atom is 0.129 e. The fourth-order valence-corrected chi connectivity index (χ4v) is 2.76. The molecule has 0 saturated carbocycles. The van der Waals surface area contributed by atoms with Gasteiger partial charge in [0.05, 0.1) is 26.8 Å². The Hall–Kier alpha value is -3.21. The van der Waals surface area contributed by atoms with Gasteiger partial charge in [0.25, 0.3) is 0 Å². The molecule has 0 aliphatic rings. The molecule has 0 fully saturated rings. The highest BCUT2D eigenvalue weighted by molar-refractivity contribution is 5.93. The quantitative estimate of drug-likeness (QED) is 0.701. The van der Waals surface area contributed by atoms with Crippen LogP contribution in [0, 0.1) is 6.92 Å². The molecule has 0 aliphatic heterocycles. The molecule has 1 aromatic heterocycles. The van der Waals surface area contributed by atoms with Gasteiger partial charge >= 0.3 is 0 Å². The molecule has 0 saturated heterocycles. The van der Waals surface area contributed by atoms with Crippen LogP contribution in [0.3, 0.4) is 0 Å². The highest BCUT2D eigenvalue weighted by Gasteiger charge is 2.05. The van der Waals surface area contributed by atoms with Gasteiger partial charge in [-0.25, -0.2) is 0 Å². The number of pyridine rings is 1. The van der Waals surface area contributed by atoms with Crippen LogP contribution >= 0.6 is 0 Å². The molecule has 2 aromatic carbocycles. The monoisotopic (exact) mass is 350 g/mol. The van der Waals surface area contributed by atoms with Crippen molar-refractivity contribution in [3.63, 3.8) is 0 Å². The average molecular weight is 350 g/mol. The molecule has 3 aromatic rings. The molecular weight excluding hydrogens is 328 g/mol. The highest BCUT2D eigenvalue weighted by Crippen LogP contribution is 2.28.